The van der Waals surface area contributed by atoms with Crippen LogP contribution in [0.25, 0.3) is 10.9 Å². The summed E-state index contributed by atoms with van der Waals surface area (Å²) in [5.41, 5.74) is 2.67. The van der Waals surface area contributed by atoms with E-state index in [0.29, 0.717) is 12.2 Å². The first kappa shape index (κ1) is 15.5. The van der Waals surface area contributed by atoms with Crippen LogP contribution in [-0.2, 0) is 6.42 Å². The fourth-order valence-electron chi connectivity index (χ4n) is 2.38. The van der Waals surface area contributed by atoms with Crippen LogP contribution in [-0.4, -0.2) is 17.6 Å². The van der Waals surface area contributed by atoms with Crippen molar-refractivity contribution < 1.29 is 4.79 Å². The van der Waals surface area contributed by atoms with Gasteiger partial charge in [0.05, 0.1) is 11.2 Å². The molecule has 2 amide bonds. The molecule has 2 N–H and O–H groups in total. The summed E-state index contributed by atoms with van der Waals surface area (Å²) in [5, 5.41) is 6.73. The quantitative estimate of drug-likeness (QED) is 0.717. The summed E-state index contributed by atoms with van der Waals surface area (Å²) in [5.74, 6) is 0. The monoisotopic (exact) mass is 369 g/mol. The van der Waals surface area contributed by atoms with Gasteiger partial charge in [0.15, 0.2) is 0 Å². The van der Waals surface area contributed by atoms with E-state index in [1.807, 2.05) is 54.6 Å². The number of carbonyl (C=O) groups excluding carboxylic acids is 1. The fraction of sp³-hybridized carbons (Fsp3) is 0.111. The van der Waals surface area contributed by atoms with Crippen molar-refractivity contribution in [3.05, 3.63) is 70.8 Å². The molecule has 0 fully saturated rings. The number of hydrogen-bond acceptors (Lipinski definition) is 2. The molecule has 5 heteroatoms. The van der Waals surface area contributed by atoms with Crippen molar-refractivity contribution in [3.8, 4) is 0 Å². The molecule has 0 bridgehead atoms. The number of nitrogens with zero attached hydrogens (tertiary/aromatic N) is 1. The van der Waals surface area contributed by atoms with Crippen LogP contribution in [0.2, 0.25) is 0 Å². The number of carbonyl (C=O) groups is 1. The van der Waals surface area contributed by atoms with E-state index < -0.39 is 0 Å². The number of urea groups is 1. The maximum absolute atomic E-state index is 12.1. The van der Waals surface area contributed by atoms with Gasteiger partial charge in [0.2, 0.25) is 0 Å². The first-order valence-corrected chi connectivity index (χ1v) is 8.15. The van der Waals surface area contributed by atoms with Gasteiger partial charge in [0.25, 0.3) is 0 Å². The number of rotatable bonds is 4. The molecule has 0 radical (unpaired) electrons. The van der Waals surface area contributed by atoms with Crippen molar-refractivity contribution in [2.24, 2.45) is 0 Å². The molecule has 3 rings (SSSR count). The van der Waals surface area contributed by atoms with Gasteiger partial charge < -0.3 is 10.6 Å². The smallest absolute Gasteiger partial charge is 0.319 e. The zero-order valence-corrected chi connectivity index (χ0v) is 14.0. The molecule has 116 valence electrons. The number of anilines is 1. The highest BCUT2D eigenvalue weighted by molar-refractivity contribution is 9.10. The number of amides is 2. The molecule has 1 aromatic heterocycles. The van der Waals surface area contributed by atoms with Gasteiger partial charge in [-0.3, -0.25) is 4.98 Å². The van der Waals surface area contributed by atoms with Gasteiger partial charge in [-0.25, -0.2) is 4.79 Å². The van der Waals surface area contributed by atoms with Gasteiger partial charge in [-0.1, -0.05) is 46.3 Å². The van der Waals surface area contributed by atoms with E-state index in [9.17, 15) is 4.79 Å². The summed E-state index contributed by atoms with van der Waals surface area (Å²) >= 11 is 3.44. The number of nitrogens with one attached hydrogen (secondary N) is 2. The Labute approximate surface area is 143 Å². The lowest BCUT2D eigenvalue weighted by Crippen LogP contribution is -2.30. The van der Waals surface area contributed by atoms with Crippen LogP contribution in [0, 0.1) is 0 Å². The zero-order chi connectivity index (χ0) is 16.1. The summed E-state index contributed by atoms with van der Waals surface area (Å²) in [6.45, 7) is 0.570. The number of aromatic nitrogens is 1. The van der Waals surface area contributed by atoms with E-state index in [-0.39, 0.29) is 6.03 Å². The number of benzene rings is 2. The van der Waals surface area contributed by atoms with Gasteiger partial charge in [0.1, 0.15) is 0 Å². The van der Waals surface area contributed by atoms with Gasteiger partial charge in [0, 0.05) is 22.6 Å². The zero-order valence-electron chi connectivity index (χ0n) is 12.4. The first-order chi connectivity index (χ1) is 11.2. The van der Waals surface area contributed by atoms with Crippen molar-refractivity contribution in [2.75, 3.05) is 11.9 Å². The van der Waals surface area contributed by atoms with Crippen LogP contribution in [0.3, 0.4) is 0 Å². The number of fused-ring (bicyclic) bond motifs is 1. The van der Waals surface area contributed by atoms with Crippen molar-refractivity contribution in [3.63, 3.8) is 0 Å². The molecule has 0 spiro atoms. The van der Waals surface area contributed by atoms with Crippen LogP contribution in [0.5, 0.6) is 0 Å². The van der Waals surface area contributed by atoms with Gasteiger partial charge in [-0.15, -0.1) is 0 Å². The summed E-state index contributed by atoms with van der Waals surface area (Å²) < 4.78 is 1.04. The van der Waals surface area contributed by atoms with Gasteiger partial charge in [-0.05, 0) is 36.2 Å². The lowest BCUT2D eigenvalue weighted by Gasteiger charge is -2.09. The van der Waals surface area contributed by atoms with E-state index in [1.54, 1.807) is 6.20 Å². The van der Waals surface area contributed by atoms with Gasteiger partial charge >= 0.3 is 6.03 Å². The third-order valence-electron chi connectivity index (χ3n) is 3.47. The van der Waals surface area contributed by atoms with E-state index in [1.165, 1.54) is 5.56 Å². The SMILES string of the molecule is O=C(NCCc1cccc(Br)c1)Nc1cccc2cccnc12. The number of halogens is 1. The molecule has 0 saturated heterocycles. The van der Waals surface area contributed by atoms with Crippen molar-refractivity contribution in [1.82, 2.24) is 10.3 Å². The van der Waals surface area contributed by atoms with E-state index in [4.69, 9.17) is 0 Å². The minimum atomic E-state index is -0.224. The molecule has 23 heavy (non-hydrogen) atoms. The first-order valence-electron chi connectivity index (χ1n) is 7.35. The Morgan fingerprint density at radius 1 is 1.09 bits per heavy atom. The largest absolute Gasteiger partial charge is 0.338 e. The Bertz CT molecular complexity index is 830. The van der Waals surface area contributed by atoms with E-state index in [2.05, 4.69) is 31.5 Å². The van der Waals surface area contributed by atoms with Crippen LogP contribution < -0.4 is 10.6 Å². The molecule has 0 saturated carbocycles. The normalized spacial score (nSPS) is 10.5. The Morgan fingerprint density at radius 2 is 1.91 bits per heavy atom. The highest BCUT2D eigenvalue weighted by Crippen LogP contribution is 2.20. The minimum absolute atomic E-state index is 0.224. The third kappa shape index (κ3) is 4.07. The van der Waals surface area contributed by atoms with Crippen molar-refractivity contribution >= 4 is 38.6 Å². The van der Waals surface area contributed by atoms with Crippen LogP contribution in [0.15, 0.2) is 65.3 Å². The van der Waals surface area contributed by atoms with E-state index in [0.717, 1.165) is 21.8 Å². The van der Waals surface area contributed by atoms with Crippen molar-refractivity contribution in [1.29, 1.82) is 0 Å². The lowest BCUT2D eigenvalue weighted by molar-refractivity contribution is 0.252. The molecule has 0 aliphatic carbocycles. The Hall–Kier alpha value is -2.40. The highest BCUT2D eigenvalue weighted by atomic mass is 79.9. The minimum Gasteiger partial charge on any atom is -0.338 e. The predicted octanol–water partition coefficient (Wildman–Crippen LogP) is 4.36. The predicted molar refractivity (Wildman–Crippen MR) is 96.6 cm³/mol. The van der Waals surface area contributed by atoms with Gasteiger partial charge in [-0.2, -0.15) is 0 Å². The van der Waals surface area contributed by atoms with Crippen LogP contribution in [0.4, 0.5) is 10.5 Å². The molecule has 0 aliphatic rings. The Kier molecular flexibility index (Phi) is 4.88. The topological polar surface area (TPSA) is 54.0 Å². The lowest BCUT2D eigenvalue weighted by atomic mass is 10.1. The molecule has 2 aromatic carbocycles. The standard InChI is InChI=1S/C18H16BrN3O/c19-15-7-1-4-13(12-15)9-11-21-18(23)22-16-8-2-5-14-6-3-10-20-17(14)16/h1-8,10,12H,9,11H2,(H2,21,22,23). The average Bonchev–Trinajstić information content (AvgIpc) is 2.55. The summed E-state index contributed by atoms with van der Waals surface area (Å²) in [6.07, 6.45) is 2.50. The Balaban J connectivity index is 1.59. The summed E-state index contributed by atoms with van der Waals surface area (Å²) in [6, 6.07) is 17.4. The maximum Gasteiger partial charge on any atom is 0.319 e. The molecule has 1 heterocycles. The second kappa shape index (κ2) is 7.24. The molecular weight excluding hydrogens is 354 g/mol. The Morgan fingerprint density at radius 3 is 2.78 bits per heavy atom. The third-order valence-corrected chi connectivity index (χ3v) is 3.96. The molecule has 3 aromatic rings. The molecule has 0 atom stereocenters. The number of hydrogen-bond donors (Lipinski definition) is 2. The maximum atomic E-state index is 12.1. The second-order valence-electron chi connectivity index (χ2n) is 5.14. The molecule has 0 aliphatic heterocycles. The second-order valence-corrected chi connectivity index (χ2v) is 6.06. The molecule has 0 unspecified atom stereocenters. The number of pyridine rings is 1. The summed E-state index contributed by atoms with van der Waals surface area (Å²) in [7, 11) is 0. The van der Waals surface area contributed by atoms with Crippen LogP contribution in [0.1, 0.15) is 5.56 Å². The fourth-order valence-corrected chi connectivity index (χ4v) is 2.83. The summed E-state index contributed by atoms with van der Waals surface area (Å²) in [4.78, 5) is 16.4. The average molecular weight is 370 g/mol. The highest BCUT2D eigenvalue weighted by Gasteiger charge is 2.05. The number of para-hydroxylation sites is 1. The van der Waals surface area contributed by atoms with Crippen molar-refractivity contribution in [2.45, 2.75) is 6.42 Å². The molecule has 4 nitrogen and oxygen atoms in total. The van der Waals surface area contributed by atoms with E-state index >= 15 is 0 Å². The van der Waals surface area contributed by atoms with Crippen LogP contribution >= 0.6 is 15.9 Å². The molecular formula is C18H16BrN3O.